The van der Waals surface area contributed by atoms with Crippen molar-refractivity contribution in [3.8, 4) is 0 Å². The van der Waals surface area contributed by atoms with Crippen LogP contribution in [0.4, 0.5) is 0 Å². The number of nitrogens with zero attached hydrogens (tertiary/aromatic N) is 1. The van der Waals surface area contributed by atoms with Gasteiger partial charge in [0.05, 0.1) is 39.9 Å². The lowest BCUT2D eigenvalue weighted by atomic mass is 10.0. The number of allylic oxidation sites excluding steroid dienone is 8. The second-order valence-corrected chi connectivity index (χ2v) is 15.8. The standard InChI is InChI=1S/C40H75N2O7P/c1-6-8-10-12-14-16-18-20-21-23-25-27-29-31-33-39(44)41-37(36-49-50(46,47)48-35-34-42(3,4)5)40(45)38(43)32-30-28-26-24-22-19-17-15-13-11-9-7-2/h12,14-15,17-18,20,24,26,37-38,40,43,45H,6-11,13,16,19,21-23,25,27-36H2,1-5H3,(H-,41,44,46,47)/b14-12-,17-15+,20-18-,26-24+. The molecule has 3 N–H and O–H groups in total. The van der Waals surface area contributed by atoms with Crippen molar-refractivity contribution < 1.29 is 38.0 Å². The molecule has 0 radical (unpaired) electrons. The van der Waals surface area contributed by atoms with Gasteiger partial charge in [-0.3, -0.25) is 9.36 Å². The van der Waals surface area contributed by atoms with E-state index in [-0.39, 0.29) is 18.9 Å². The summed E-state index contributed by atoms with van der Waals surface area (Å²) in [4.78, 5) is 25.2. The Hall–Kier alpha value is -1.58. The first-order chi connectivity index (χ1) is 23.9. The average molecular weight is 727 g/mol. The van der Waals surface area contributed by atoms with Gasteiger partial charge in [-0.15, -0.1) is 0 Å². The van der Waals surface area contributed by atoms with Crippen LogP contribution >= 0.6 is 7.82 Å². The van der Waals surface area contributed by atoms with Gasteiger partial charge in [-0.25, -0.2) is 0 Å². The summed E-state index contributed by atoms with van der Waals surface area (Å²) in [6.45, 7) is 4.28. The second-order valence-electron chi connectivity index (χ2n) is 14.4. The zero-order valence-electron chi connectivity index (χ0n) is 32.4. The number of hydrogen-bond acceptors (Lipinski definition) is 7. The number of phosphoric ester groups is 1. The number of rotatable bonds is 34. The average Bonchev–Trinajstić information content (AvgIpc) is 3.06. The summed E-state index contributed by atoms with van der Waals surface area (Å²) in [5.74, 6) is -0.311. The van der Waals surface area contributed by atoms with Crippen LogP contribution in [0.1, 0.15) is 142 Å². The van der Waals surface area contributed by atoms with Crippen molar-refractivity contribution in [2.75, 3.05) is 40.9 Å². The van der Waals surface area contributed by atoms with Crippen LogP contribution in [0.25, 0.3) is 0 Å². The van der Waals surface area contributed by atoms with Gasteiger partial charge < -0.3 is 34.0 Å². The van der Waals surface area contributed by atoms with E-state index in [2.05, 4.69) is 67.8 Å². The molecule has 50 heavy (non-hydrogen) atoms. The van der Waals surface area contributed by atoms with Crippen molar-refractivity contribution >= 4 is 13.7 Å². The molecule has 10 heteroatoms. The highest BCUT2D eigenvalue weighted by Gasteiger charge is 2.29. The maximum absolute atomic E-state index is 12.8. The monoisotopic (exact) mass is 727 g/mol. The summed E-state index contributed by atoms with van der Waals surface area (Å²) in [5.41, 5.74) is 0. The molecule has 0 bridgehead atoms. The number of unbranched alkanes of at least 4 members (excludes halogenated alkanes) is 12. The molecule has 0 aromatic heterocycles. The molecule has 0 aliphatic heterocycles. The molecule has 0 aliphatic carbocycles. The van der Waals surface area contributed by atoms with E-state index >= 15 is 0 Å². The third kappa shape index (κ3) is 32.3. The van der Waals surface area contributed by atoms with E-state index in [4.69, 9.17) is 9.05 Å². The zero-order chi connectivity index (χ0) is 37.4. The van der Waals surface area contributed by atoms with Gasteiger partial charge >= 0.3 is 0 Å². The smallest absolute Gasteiger partial charge is 0.268 e. The minimum Gasteiger partial charge on any atom is -0.756 e. The third-order valence-corrected chi connectivity index (χ3v) is 9.32. The Morgan fingerprint density at radius 3 is 1.86 bits per heavy atom. The number of phosphoric acid groups is 1. The van der Waals surface area contributed by atoms with Crippen molar-refractivity contribution in [2.24, 2.45) is 0 Å². The van der Waals surface area contributed by atoms with Crippen molar-refractivity contribution in [1.29, 1.82) is 0 Å². The fourth-order valence-corrected chi connectivity index (χ4v) is 5.83. The molecule has 0 fully saturated rings. The molecule has 4 atom stereocenters. The minimum atomic E-state index is -4.67. The zero-order valence-corrected chi connectivity index (χ0v) is 33.3. The number of carbonyl (C=O) groups excluding carboxylic acids is 1. The third-order valence-electron chi connectivity index (χ3n) is 8.36. The quantitative estimate of drug-likeness (QED) is 0.0263. The second kappa shape index (κ2) is 32.1. The fourth-order valence-electron chi connectivity index (χ4n) is 5.11. The lowest BCUT2D eigenvalue weighted by Crippen LogP contribution is -2.51. The first-order valence-electron chi connectivity index (χ1n) is 19.6. The van der Waals surface area contributed by atoms with Crippen LogP contribution in [0, 0.1) is 0 Å². The van der Waals surface area contributed by atoms with Gasteiger partial charge in [0.2, 0.25) is 5.91 Å². The van der Waals surface area contributed by atoms with Crippen molar-refractivity contribution in [2.45, 2.75) is 161 Å². The Morgan fingerprint density at radius 2 is 1.24 bits per heavy atom. The Balaban J connectivity index is 4.71. The highest BCUT2D eigenvalue weighted by atomic mass is 31.2. The van der Waals surface area contributed by atoms with Gasteiger partial charge in [0.15, 0.2) is 0 Å². The molecule has 0 aromatic rings. The van der Waals surface area contributed by atoms with Gasteiger partial charge in [-0.1, -0.05) is 107 Å². The maximum atomic E-state index is 12.8. The summed E-state index contributed by atoms with van der Waals surface area (Å²) in [5, 5.41) is 24.4. The molecule has 0 rings (SSSR count). The van der Waals surface area contributed by atoms with Gasteiger partial charge in [0.25, 0.3) is 7.82 Å². The van der Waals surface area contributed by atoms with Crippen LogP contribution in [-0.2, 0) is 18.4 Å². The van der Waals surface area contributed by atoms with E-state index in [1.807, 2.05) is 21.1 Å². The van der Waals surface area contributed by atoms with E-state index in [1.165, 1.54) is 32.1 Å². The predicted octanol–water partition coefficient (Wildman–Crippen LogP) is 8.47. The van der Waals surface area contributed by atoms with Crippen LogP contribution in [0.3, 0.4) is 0 Å². The number of hydrogen-bond donors (Lipinski definition) is 3. The van der Waals surface area contributed by atoms with Crippen LogP contribution in [-0.4, -0.2) is 79.8 Å². The molecule has 0 saturated carbocycles. The lowest BCUT2D eigenvalue weighted by Gasteiger charge is -2.31. The van der Waals surface area contributed by atoms with Gasteiger partial charge in [0.1, 0.15) is 19.3 Å². The summed E-state index contributed by atoms with van der Waals surface area (Å²) in [6.07, 6.45) is 34.4. The van der Waals surface area contributed by atoms with E-state index < -0.39 is 32.7 Å². The molecule has 9 nitrogen and oxygen atoms in total. The van der Waals surface area contributed by atoms with E-state index in [0.29, 0.717) is 30.3 Å². The van der Waals surface area contributed by atoms with E-state index in [9.17, 15) is 24.5 Å². The highest BCUT2D eigenvalue weighted by molar-refractivity contribution is 7.45. The van der Waals surface area contributed by atoms with Crippen molar-refractivity contribution in [1.82, 2.24) is 5.32 Å². The van der Waals surface area contributed by atoms with Gasteiger partial charge in [-0.05, 0) is 77.0 Å². The van der Waals surface area contributed by atoms with Crippen molar-refractivity contribution in [3.63, 3.8) is 0 Å². The molecule has 0 aliphatic rings. The number of aliphatic hydroxyl groups is 2. The first kappa shape index (κ1) is 48.4. The molecule has 0 saturated heterocycles. The normalized spacial score (nSPS) is 15.8. The minimum absolute atomic E-state index is 0.0536. The largest absolute Gasteiger partial charge is 0.756 e. The van der Waals surface area contributed by atoms with Gasteiger partial charge in [0, 0.05) is 6.42 Å². The number of amides is 1. The summed E-state index contributed by atoms with van der Waals surface area (Å²) < 4.78 is 23.0. The molecule has 1 amide bonds. The Labute approximate surface area is 306 Å². The van der Waals surface area contributed by atoms with Crippen LogP contribution in [0.5, 0.6) is 0 Å². The number of aliphatic hydroxyl groups excluding tert-OH is 2. The molecule has 0 spiro atoms. The predicted molar refractivity (Wildman–Crippen MR) is 207 cm³/mol. The van der Waals surface area contributed by atoms with E-state index in [0.717, 1.165) is 70.6 Å². The topological polar surface area (TPSA) is 128 Å². The molecule has 0 heterocycles. The first-order valence-corrected chi connectivity index (χ1v) is 21.0. The number of nitrogens with one attached hydrogen (secondary N) is 1. The van der Waals surface area contributed by atoms with E-state index in [1.54, 1.807) is 0 Å². The number of quaternary nitrogens is 1. The Morgan fingerprint density at radius 1 is 0.720 bits per heavy atom. The van der Waals surface area contributed by atoms with Crippen LogP contribution < -0.4 is 10.2 Å². The lowest BCUT2D eigenvalue weighted by molar-refractivity contribution is -0.870. The molecule has 292 valence electrons. The molecular weight excluding hydrogens is 651 g/mol. The molecular formula is C40H75N2O7P. The Bertz CT molecular complexity index is 977. The van der Waals surface area contributed by atoms with Crippen LogP contribution in [0.2, 0.25) is 0 Å². The van der Waals surface area contributed by atoms with Crippen molar-refractivity contribution in [3.05, 3.63) is 48.6 Å². The number of likely N-dealkylation sites (N-methyl/N-ethyl adjacent to an activating group) is 1. The summed E-state index contributed by atoms with van der Waals surface area (Å²) in [7, 11) is 1.08. The number of carbonyl (C=O) groups is 1. The Kier molecular flexibility index (Phi) is 31.1. The highest BCUT2D eigenvalue weighted by Crippen LogP contribution is 2.38. The summed E-state index contributed by atoms with van der Waals surface area (Å²) in [6, 6.07) is -1.10. The summed E-state index contributed by atoms with van der Waals surface area (Å²) >= 11 is 0. The fraction of sp³-hybridized carbons (Fsp3) is 0.775. The maximum Gasteiger partial charge on any atom is 0.268 e. The SMILES string of the molecule is CCCC/C=C\C/C=C\CCCCCCCC(=O)NC(COP(=O)([O-])OCC[N+](C)(C)C)C(O)C(O)CCC/C=C/CC/C=C/CCCCC. The van der Waals surface area contributed by atoms with Crippen LogP contribution in [0.15, 0.2) is 48.6 Å². The molecule has 0 aromatic carbocycles. The molecule has 4 unspecified atom stereocenters. The van der Waals surface area contributed by atoms with Gasteiger partial charge in [-0.2, -0.15) is 0 Å².